The molecule has 0 bridgehead atoms. The molecule has 0 saturated carbocycles. The van der Waals surface area contributed by atoms with E-state index >= 15 is 0 Å². The molecule has 0 aliphatic carbocycles. The molecule has 1 aliphatic heterocycles. The predicted molar refractivity (Wildman–Crippen MR) is 71.0 cm³/mol. The maximum atomic E-state index is 5.40. The molecule has 17 heavy (non-hydrogen) atoms. The smallest absolute Gasteiger partial charge is 0.0469 e. The van der Waals surface area contributed by atoms with E-state index < -0.39 is 0 Å². The molecule has 0 amide bonds. The summed E-state index contributed by atoms with van der Waals surface area (Å²) >= 11 is 0. The molecule has 1 aromatic carbocycles. The molecular weight excluding hydrogens is 210 g/mol. The third kappa shape index (κ3) is 3.83. The molecule has 1 heterocycles. The third-order valence-corrected chi connectivity index (χ3v) is 3.72. The van der Waals surface area contributed by atoms with Gasteiger partial charge >= 0.3 is 0 Å². The first kappa shape index (κ1) is 12.6. The van der Waals surface area contributed by atoms with Crippen LogP contribution in [0.2, 0.25) is 0 Å². The van der Waals surface area contributed by atoms with E-state index in [1.807, 2.05) is 0 Å². The van der Waals surface area contributed by atoms with Crippen LogP contribution in [0.3, 0.4) is 0 Å². The summed E-state index contributed by atoms with van der Waals surface area (Å²) in [7, 11) is 0. The van der Waals surface area contributed by atoms with E-state index in [2.05, 4.69) is 43.4 Å². The first-order valence-corrected chi connectivity index (χ1v) is 6.62. The Labute approximate surface area is 104 Å². The van der Waals surface area contributed by atoms with E-state index in [0.717, 1.165) is 25.7 Å². The fraction of sp³-hybridized carbons (Fsp3) is 0.600. The molecule has 1 unspecified atom stereocenters. The van der Waals surface area contributed by atoms with Crippen LogP contribution in [0.1, 0.15) is 30.9 Å². The molecule has 1 fully saturated rings. The monoisotopic (exact) mass is 233 g/mol. The molecule has 0 spiro atoms. The van der Waals surface area contributed by atoms with Gasteiger partial charge in [-0.2, -0.15) is 0 Å². The molecule has 1 atom stereocenters. The van der Waals surface area contributed by atoms with Crippen LogP contribution in [-0.2, 0) is 11.3 Å². The Morgan fingerprint density at radius 2 is 1.88 bits per heavy atom. The molecule has 0 radical (unpaired) electrons. The standard InChI is InChI=1S/C15H23NO/c1-12-3-5-14(6-4-12)11-16-13(2)15-7-9-17-10-8-15/h3-6,13,15-16H,7-11H2,1-2H3. The second-order valence-corrected chi connectivity index (χ2v) is 5.10. The van der Waals surface area contributed by atoms with Gasteiger partial charge in [0, 0.05) is 25.8 Å². The molecule has 1 saturated heterocycles. The van der Waals surface area contributed by atoms with Crippen LogP contribution in [0.15, 0.2) is 24.3 Å². The van der Waals surface area contributed by atoms with Gasteiger partial charge in [-0.25, -0.2) is 0 Å². The van der Waals surface area contributed by atoms with Gasteiger partial charge < -0.3 is 10.1 Å². The second-order valence-electron chi connectivity index (χ2n) is 5.10. The fourth-order valence-corrected chi connectivity index (χ4v) is 2.37. The summed E-state index contributed by atoms with van der Waals surface area (Å²) < 4.78 is 5.40. The SMILES string of the molecule is Cc1ccc(CNC(C)C2CCOCC2)cc1. The Kier molecular flexibility index (Phi) is 4.57. The van der Waals surface area contributed by atoms with Gasteiger partial charge in [0.15, 0.2) is 0 Å². The summed E-state index contributed by atoms with van der Waals surface area (Å²) in [6.45, 7) is 7.26. The minimum absolute atomic E-state index is 0.584. The molecule has 2 rings (SSSR count). The first-order chi connectivity index (χ1) is 8.25. The molecule has 2 nitrogen and oxygen atoms in total. The molecule has 1 aromatic rings. The summed E-state index contributed by atoms with van der Waals surface area (Å²) in [4.78, 5) is 0. The lowest BCUT2D eigenvalue weighted by Crippen LogP contribution is -2.36. The topological polar surface area (TPSA) is 21.3 Å². The lowest BCUT2D eigenvalue weighted by molar-refractivity contribution is 0.0558. The van der Waals surface area contributed by atoms with E-state index in [1.54, 1.807) is 0 Å². The van der Waals surface area contributed by atoms with E-state index in [1.165, 1.54) is 24.0 Å². The lowest BCUT2D eigenvalue weighted by atomic mass is 9.93. The molecular formula is C15H23NO. The van der Waals surface area contributed by atoms with Gasteiger partial charge in [0.1, 0.15) is 0 Å². The van der Waals surface area contributed by atoms with Crippen molar-refractivity contribution in [3.63, 3.8) is 0 Å². The van der Waals surface area contributed by atoms with Crippen molar-refractivity contribution in [3.8, 4) is 0 Å². The maximum absolute atomic E-state index is 5.40. The summed E-state index contributed by atoms with van der Waals surface area (Å²) in [5.41, 5.74) is 2.70. The Bertz CT molecular complexity index is 327. The lowest BCUT2D eigenvalue weighted by Gasteiger charge is -2.28. The first-order valence-electron chi connectivity index (χ1n) is 6.62. The fourth-order valence-electron chi connectivity index (χ4n) is 2.37. The van der Waals surface area contributed by atoms with Gasteiger partial charge in [-0.05, 0) is 38.2 Å². The van der Waals surface area contributed by atoms with Gasteiger partial charge in [-0.15, -0.1) is 0 Å². The third-order valence-electron chi connectivity index (χ3n) is 3.72. The van der Waals surface area contributed by atoms with Crippen LogP contribution in [0, 0.1) is 12.8 Å². The highest BCUT2D eigenvalue weighted by atomic mass is 16.5. The number of ether oxygens (including phenoxy) is 1. The quantitative estimate of drug-likeness (QED) is 0.863. The van der Waals surface area contributed by atoms with E-state index in [9.17, 15) is 0 Å². The van der Waals surface area contributed by atoms with E-state index in [-0.39, 0.29) is 0 Å². The number of benzene rings is 1. The summed E-state index contributed by atoms with van der Waals surface area (Å²) in [6.07, 6.45) is 2.39. The highest BCUT2D eigenvalue weighted by molar-refractivity contribution is 5.21. The zero-order valence-electron chi connectivity index (χ0n) is 10.9. The zero-order valence-corrected chi connectivity index (χ0v) is 10.9. The van der Waals surface area contributed by atoms with Crippen molar-refractivity contribution in [2.24, 2.45) is 5.92 Å². The summed E-state index contributed by atoms with van der Waals surface area (Å²) in [5.74, 6) is 0.772. The number of hydrogen-bond acceptors (Lipinski definition) is 2. The predicted octanol–water partition coefficient (Wildman–Crippen LogP) is 2.90. The van der Waals surface area contributed by atoms with E-state index in [0.29, 0.717) is 6.04 Å². The molecule has 1 aliphatic rings. The van der Waals surface area contributed by atoms with Crippen LogP contribution < -0.4 is 5.32 Å². The van der Waals surface area contributed by atoms with Crippen LogP contribution in [0.4, 0.5) is 0 Å². The molecule has 2 heteroatoms. The molecule has 94 valence electrons. The number of rotatable bonds is 4. The Morgan fingerprint density at radius 3 is 2.53 bits per heavy atom. The number of aryl methyl sites for hydroxylation is 1. The zero-order chi connectivity index (χ0) is 12.1. The van der Waals surface area contributed by atoms with Crippen LogP contribution >= 0.6 is 0 Å². The van der Waals surface area contributed by atoms with Gasteiger partial charge in [0.05, 0.1) is 0 Å². The largest absolute Gasteiger partial charge is 0.381 e. The summed E-state index contributed by atoms with van der Waals surface area (Å²) in [5, 5.41) is 3.63. The highest BCUT2D eigenvalue weighted by Crippen LogP contribution is 2.18. The minimum atomic E-state index is 0.584. The van der Waals surface area contributed by atoms with Crippen molar-refractivity contribution in [2.45, 2.75) is 39.3 Å². The van der Waals surface area contributed by atoms with Crippen molar-refractivity contribution >= 4 is 0 Å². The summed E-state index contributed by atoms with van der Waals surface area (Å²) in [6, 6.07) is 9.35. The van der Waals surface area contributed by atoms with Crippen molar-refractivity contribution in [1.29, 1.82) is 0 Å². The maximum Gasteiger partial charge on any atom is 0.0469 e. The van der Waals surface area contributed by atoms with Gasteiger partial charge in [-0.3, -0.25) is 0 Å². The minimum Gasteiger partial charge on any atom is -0.381 e. The second kappa shape index (κ2) is 6.18. The van der Waals surface area contributed by atoms with E-state index in [4.69, 9.17) is 4.74 Å². The Morgan fingerprint density at radius 1 is 1.24 bits per heavy atom. The van der Waals surface area contributed by atoms with Gasteiger partial charge in [-0.1, -0.05) is 29.8 Å². The van der Waals surface area contributed by atoms with Crippen LogP contribution in [0.25, 0.3) is 0 Å². The average molecular weight is 233 g/mol. The highest BCUT2D eigenvalue weighted by Gasteiger charge is 2.19. The number of hydrogen-bond donors (Lipinski definition) is 1. The van der Waals surface area contributed by atoms with Crippen molar-refractivity contribution < 1.29 is 4.74 Å². The molecule has 0 aromatic heterocycles. The van der Waals surface area contributed by atoms with Crippen molar-refractivity contribution in [1.82, 2.24) is 5.32 Å². The van der Waals surface area contributed by atoms with Crippen molar-refractivity contribution in [2.75, 3.05) is 13.2 Å². The van der Waals surface area contributed by atoms with Gasteiger partial charge in [0.2, 0.25) is 0 Å². The number of nitrogens with one attached hydrogen (secondary N) is 1. The molecule has 1 N–H and O–H groups in total. The Balaban J connectivity index is 1.78. The van der Waals surface area contributed by atoms with Crippen molar-refractivity contribution in [3.05, 3.63) is 35.4 Å². The van der Waals surface area contributed by atoms with Crippen LogP contribution in [0.5, 0.6) is 0 Å². The van der Waals surface area contributed by atoms with Crippen LogP contribution in [-0.4, -0.2) is 19.3 Å². The Hall–Kier alpha value is -0.860. The van der Waals surface area contributed by atoms with Gasteiger partial charge in [0.25, 0.3) is 0 Å². The average Bonchev–Trinajstić information content (AvgIpc) is 2.39. The normalized spacial score (nSPS) is 19.2.